The van der Waals surface area contributed by atoms with Gasteiger partial charge in [0.05, 0.1) is 21.5 Å². The molecule has 10 nitrogen and oxygen atoms in total. The average Bonchev–Trinajstić information content (AvgIpc) is 3.31. The van der Waals surface area contributed by atoms with Crippen LogP contribution in [-0.4, -0.2) is 26.0 Å². The normalized spacial score (nSPS) is 12.4. The molecule has 1 aliphatic carbocycles. The Kier molecular flexibility index (Phi) is 5.92. The van der Waals surface area contributed by atoms with Crippen LogP contribution in [0.3, 0.4) is 0 Å². The van der Waals surface area contributed by atoms with E-state index in [1.165, 1.54) is 6.07 Å². The van der Waals surface area contributed by atoms with Crippen LogP contribution in [0.25, 0.3) is 11.8 Å². The van der Waals surface area contributed by atoms with Crippen LogP contribution in [0.15, 0.2) is 78.4 Å². The van der Waals surface area contributed by atoms with Crippen LogP contribution in [0.4, 0.5) is 11.4 Å². The van der Waals surface area contributed by atoms with E-state index in [1.807, 2.05) is 24.5 Å². The SMILES string of the molecule is Cc1cc(C=C2C(=O)c3ccccc3C2=O)c(C)n1-c1ccc(Oc2ccc([N+](=O)[O-])cc2[N+](=O)[O-])cc1. The van der Waals surface area contributed by atoms with Crippen molar-refractivity contribution < 1.29 is 24.2 Å². The molecule has 0 fully saturated rings. The molecule has 0 aliphatic heterocycles. The molecule has 0 saturated carbocycles. The van der Waals surface area contributed by atoms with Crippen molar-refractivity contribution in [3.05, 3.63) is 127 Å². The molecule has 0 saturated heterocycles. The number of hydrogen-bond donors (Lipinski definition) is 0. The topological polar surface area (TPSA) is 135 Å². The third-order valence-corrected chi connectivity index (χ3v) is 6.35. The van der Waals surface area contributed by atoms with Crippen molar-refractivity contribution in [1.82, 2.24) is 4.57 Å². The van der Waals surface area contributed by atoms with Gasteiger partial charge in [-0.05, 0) is 61.9 Å². The Morgan fingerprint density at radius 3 is 2.03 bits per heavy atom. The van der Waals surface area contributed by atoms with Crippen molar-refractivity contribution in [3.63, 3.8) is 0 Å². The summed E-state index contributed by atoms with van der Waals surface area (Å²) in [6.45, 7) is 3.77. The van der Waals surface area contributed by atoms with Gasteiger partial charge in [0, 0.05) is 34.3 Å². The Balaban J connectivity index is 1.43. The number of fused-ring (bicyclic) bond motifs is 1. The average molecular weight is 509 g/mol. The van der Waals surface area contributed by atoms with E-state index in [0.717, 1.165) is 34.8 Å². The van der Waals surface area contributed by atoms with Gasteiger partial charge in [0.25, 0.3) is 5.69 Å². The Labute approximate surface area is 215 Å². The number of nitro groups is 2. The number of aryl methyl sites for hydroxylation is 1. The summed E-state index contributed by atoms with van der Waals surface area (Å²) in [4.78, 5) is 46.5. The molecule has 1 heterocycles. The van der Waals surface area contributed by atoms with E-state index in [2.05, 4.69) is 0 Å². The number of carbonyl (C=O) groups excluding carboxylic acids is 2. The number of ketones is 2. The monoisotopic (exact) mass is 509 g/mol. The van der Waals surface area contributed by atoms with E-state index in [4.69, 9.17) is 4.74 Å². The van der Waals surface area contributed by atoms with Crippen LogP contribution >= 0.6 is 0 Å². The Morgan fingerprint density at radius 2 is 1.45 bits per heavy atom. The minimum Gasteiger partial charge on any atom is -0.450 e. The minimum atomic E-state index is -0.738. The summed E-state index contributed by atoms with van der Waals surface area (Å²) in [6.07, 6.45) is 1.62. The number of aromatic nitrogens is 1. The molecule has 1 aromatic heterocycles. The number of Topliss-reactive ketones (excluding diaryl/α,β-unsaturated/α-hetero) is 2. The van der Waals surface area contributed by atoms with Crippen molar-refractivity contribution >= 4 is 29.0 Å². The number of ether oxygens (including phenoxy) is 1. The van der Waals surface area contributed by atoms with Gasteiger partial charge in [0.2, 0.25) is 5.75 Å². The molecule has 0 unspecified atom stereocenters. The van der Waals surface area contributed by atoms with Gasteiger partial charge in [-0.2, -0.15) is 0 Å². The first-order valence-electron chi connectivity index (χ1n) is 11.5. The predicted molar refractivity (Wildman–Crippen MR) is 138 cm³/mol. The van der Waals surface area contributed by atoms with Crippen LogP contribution in [0.1, 0.15) is 37.7 Å². The second-order valence-electron chi connectivity index (χ2n) is 8.69. The number of benzene rings is 3. The number of nitro benzene ring substituents is 2. The van der Waals surface area contributed by atoms with Crippen molar-refractivity contribution in [1.29, 1.82) is 0 Å². The van der Waals surface area contributed by atoms with Crippen molar-refractivity contribution in [2.45, 2.75) is 13.8 Å². The lowest BCUT2D eigenvalue weighted by atomic mass is 10.1. The molecule has 38 heavy (non-hydrogen) atoms. The fourth-order valence-corrected chi connectivity index (χ4v) is 4.53. The third-order valence-electron chi connectivity index (χ3n) is 6.35. The summed E-state index contributed by atoms with van der Waals surface area (Å²) in [7, 11) is 0. The second-order valence-corrected chi connectivity index (χ2v) is 8.69. The maximum Gasteiger partial charge on any atom is 0.318 e. The fraction of sp³-hybridized carbons (Fsp3) is 0.0714. The number of carbonyl (C=O) groups is 2. The Hall–Kier alpha value is -5.38. The first kappa shape index (κ1) is 24.3. The van der Waals surface area contributed by atoms with Crippen molar-refractivity contribution in [3.8, 4) is 17.2 Å². The molecule has 4 aromatic rings. The number of rotatable bonds is 6. The van der Waals surface area contributed by atoms with Gasteiger partial charge in [-0.1, -0.05) is 24.3 Å². The van der Waals surface area contributed by atoms with E-state index in [-0.39, 0.29) is 22.9 Å². The van der Waals surface area contributed by atoms with E-state index >= 15 is 0 Å². The molecule has 10 heteroatoms. The molecule has 0 atom stereocenters. The highest BCUT2D eigenvalue weighted by molar-refractivity contribution is 6.41. The zero-order valence-electron chi connectivity index (χ0n) is 20.2. The maximum atomic E-state index is 12.8. The highest BCUT2D eigenvalue weighted by Gasteiger charge is 2.32. The van der Waals surface area contributed by atoms with Crippen LogP contribution in [0, 0.1) is 34.1 Å². The number of non-ortho nitro benzene ring substituents is 1. The zero-order valence-corrected chi connectivity index (χ0v) is 20.2. The Morgan fingerprint density at radius 1 is 0.816 bits per heavy atom. The minimum absolute atomic E-state index is 0.123. The molecule has 3 aromatic carbocycles. The molecule has 0 spiro atoms. The number of nitrogens with zero attached hydrogens (tertiary/aromatic N) is 3. The molecule has 0 bridgehead atoms. The van der Waals surface area contributed by atoms with Gasteiger partial charge < -0.3 is 9.30 Å². The fourth-order valence-electron chi connectivity index (χ4n) is 4.53. The second kappa shape index (κ2) is 9.25. The highest BCUT2D eigenvalue weighted by atomic mass is 16.6. The summed E-state index contributed by atoms with van der Waals surface area (Å²) in [5, 5.41) is 22.3. The largest absolute Gasteiger partial charge is 0.450 e. The lowest BCUT2D eigenvalue weighted by Gasteiger charge is -2.11. The summed E-state index contributed by atoms with van der Waals surface area (Å²) in [5.41, 5.74) is 3.18. The third kappa shape index (κ3) is 4.13. The molecule has 0 N–H and O–H groups in total. The van der Waals surface area contributed by atoms with Crippen LogP contribution in [0.5, 0.6) is 11.5 Å². The summed E-state index contributed by atoms with van der Waals surface area (Å²) < 4.78 is 7.59. The molecule has 188 valence electrons. The summed E-state index contributed by atoms with van der Waals surface area (Å²) in [6, 6.07) is 18.6. The molecule has 0 amide bonds. The van der Waals surface area contributed by atoms with Gasteiger partial charge in [0.1, 0.15) is 5.75 Å². The quantitative estimate of drug-likeness (QED) is 0.131. The first-order valence-corrected chi connectivity index (χ1v) is 11.5. The molecular formula is C28H19N3O7. The molecule has 1 aliphatic rings. The zero-order chi connectivity index (χ0) is 27.1. The van der Waals surface area contributed by atoms with Gasteiger partial charge in [-0.3, -0.25) is 29.8 Å². The standard InChI is InChI=1S/C28H19N3O7/c1-16-13-18(14-24-27(32)22-5-3-4-6-23(22)28(24)33)17(2)29(16)19-7-10-21(11-8-19)38-26-12-9-20(30(34)35)15-25(26)31(36)37/h3-15H,1-2H3. The highest BCUT2D eigenvalue weighted by Crippen LogP contribution is 2.35. The van der Waals surface area contributed by atoms with Crippen molar-refractivity contribution in [2.24, 2.45) is 0 Å². The van der Waals surface area contributed by atoms with Crippen LogP contribution in [0.2, 0.25) is 0 Å². The van der Waals surface area contributed by atoms with Crippen LogP contribution in [-0.2, 0) is 0 Å². The first-order chi connectivity index (χ1) is 18.2. The smallest absolute Gasteiger partial charge is 0.318 e. The number of allylic oxidation sites excluding steroid dienone is 1. The summed E-state index contributed by atoms with van der Waals surface area (Å²) in [5.74, 6) is -0.410. The summed E-state index contributed by atoms with van der Waals surface area (Å²) >= 11 is 0. The van der Waals surface area contributed by atoms with Crippen molar-refractivity contribution in [2.75, 3.05) is 0 Å². The lowest BCUT2D eigenvalue weighted by molar-refractivity contribution is -0.394. The lowest BCUT2D eigenvalue weighted by Crippen LogP contribution is -2.01. The maximum absolute atomic E-state index is 12.8. The predicted octanol–water partition coefficient (Wildman–Crippen LogP) is 6.17. The van der Waals surface area contributed by atoms with Crippen LogP contribution < -0.4 is 4.74 Å². The van der Waals surface area contributed by atoms with E-state index in [1.54, 1.807) is 54.6 Å². The molecule has 5 rings (SSSR count). The van der Waals surface area contributed by atoms with Gasteiger partial charge in [-0.15, -0.1) is 0 Å². The van der Waals surface area contributed by atoms with Gasteiger partial charge >= 0.3 is 5.69 Å². The molecule has 0 radical (unpaired) electrons. The van der Waals surface area contributed by atoms with Gasteiger partial charge in [-0.25, -0.2) is 0 Å². The van der Waals surface area contributed by atoms with Gasteiger partial charge in [0.15, 0.2) is 11.6 Å². The van der Waals surface area contributed by atoms with E-state index < -0.39 is 21.2 Å². The van der Waals surface area contributed by atoms with E-state index in [9.17, 15) is 29.8 Å². The molecular weight excluding hydrogens is 490 g/mol. The Bertz CT molecular complexity index is 1660. The number of hydrogen-bond acceptors (Lipinski definition) is 7. The van der Waals surface area contributed by atoms with E-state index in [0.29, 0.717) is 16.9 Å².